The highest BCUT2D eigenvalue weighted by atomic mass is 32.1. The molecule has 0 saturated heterocycles. The second-order valence-electron chi connectivity index (χ2n) is 2.87. The Balaban J connectivity index is 2.80. The molecule has 80 valence electrons. The van der Waals surface area contributed by atoms with Gasteiger partial charge in [0.15, 0.2) is 5.11 Å². The van der Waals surface area contributed by atoms with Crippen LogP contribution in [0, 0.1) is 5.82 Å². The van der Waals surface area contributed by atoms with Gasteiger partial charge in [-0.2, -0.15) is 5.10 Å². The van der Waals surface area contributed by atoms with Crippen LogP contribution in [0.1, 0.15) is 12.5 Å². The summed E-state index contributed by atoms with van der Waals surface area (Å²) in [5.41, 5.74) is 3.61. The molecule has 0 saturated carbocycles. The number of hydrogen-bond donors (Lipinski definition) is 2. The first kappa shape index (κ1) is 11.6. The maximum atomic E-state index is 13.3. The number of thiocarbonyl (C=S) groups is 1. The van der Waals surface area contributed by atoms with Crippen LogP contribution in [0.5, 0.6) is 0 Å². The first-order valence-corrected chi connectivity index (χ1v) is 4.83. The molecule has 0 bridgehead atoms. The average Bonchev–Trinajstić information content (AvgIpc) is 2.26. The van der Waals surface area contributed by atoms with Gasteiger partial charge in [0.2, 0.25) is 0 Å². The van der Waals surface area contributed by atoms with Gasteiger partial charge in [0, 0.05) is 12.6 Å². The van der Waals surface area contributed by atoms with Crippen LogP contribution in [0.2, 0.25) is 0 Å². The minimum atomic E-state index is -0.295. The molecule has 2 N–H and O–H groups in total. The molecule has 1 rings (SSSR count). The zero-order valence-corrected chi connectivity index (χ0v) is 9.36. The van der Waals surface area contributed by atoms with E-state index in [1.165, 1.54) is 6.07 Å². The number of rotatable bonds is 2. The van der Waals surface area contributed by atoms with Crippen LogP contribution in [-0.4, -0.2) is 17.9 Å². The van der Waals surface area contributed by atoms with Gasteiger partial charge in [-0.3, -0.25) is 5.43 Å². The number of hydrazone groups is 1. The van der Waals surface area contributed by atoms with Crippen molar-refractivity contribution < 1.29 is 4.39 Å². The Labute approximate surface area is 93.4 Å². The molecule has 0 radical (unpaired) electrons. The molecule has 5 heteroatoms. The van der Waals surface area contributed by atoms with Gasteiger partial charge in [-0.25, -0.2) is 4.39 Å². The van der Waals surface area contributed by atoms with Gasteiger partial charge >= 0.3 is 0 Å². The van der Waals surface area contributed by atoms with E-state index in [-0.39, 0.29) is 5.82 Å². The minimum Gasteiger partial charge on any atom is -0.364 e. The summed E-state index contributed by atoms with van der Waals surface area (Å²) in [6.45, 7) is 1.71. The summed E-state index contributed by atoms with van der Waals surface area (Å²) in [5, 5.41) is 7.05. The lowest BCUT2D eigenvalue weighted by Crippen LogP contribution is -2.29. The number of halogens is 1. The maximum Gasteiger partial charge on any atom is 0.186 e. The topological polar surface area (TPSA) is 36.4 Å². The summed E-state index contributed by atoms with van der Waals surface area (Å²) in [4.78, 5) is 0. The second kappa shape index (κ2) is 5.41. The van der Waals surface area contributed by atoms with Crippen molar-refractivity contribution in [3.05, 3.63) is 35.6 Å². The van der Waals surface area contributed by atoms with E-state index in [1.807, 2.05) is 0 Å². The predicted molar refractivity (Wildman–Crippen MR) is 63.4 cm³/mol. The van der Waals surface area contributed by atoms with Crippen molar-refractivity contribution in [2.24, 2.45) is 5.10 Å². The Morgan fingerprint density at radius 1 is 1.40 bits per heavy atom. The van der Waals surface area contributed by atoms with E-state index in [0.717, 1.165) is 0 Å². The van der Waals surface area contributed by atoms with Crippen molar-refractivity contribution in [1.29, 1.82) is 0 Å². The van der Waals surface area contributed by atoms with Crippen LogP contribution >= 0.6 is 12.2 Å². The Kier molecular flexibility index (Phi) is 4.17. The summed E-state index contributed by atoms with van der Waals surface area (Å²) in [6.07, 6.45) is 0. The summed E-state index contributed by atoms with van der Waals surface area (Å²) in [7, 11) is 1.68. The summed E-state index contributed by atoms with van der Waals surface area (Å²) in [6, 6.07) is 6.45. The van der Waals surface area contributed by atoms with Crippen LogP contribution in [0.4, 0.5) is 4.39 Å². The summed E-state index contributed by atoms with van der Waals surface area (Å²) >= 11 is 4.83. The first-order chi connectivity index (χ1) is 7.15. The van der Waals surface area contributed by atoms with E-state index in [0.29, 0.717) is 16.4 Å². The monoisotopic (exact) mass is 225 g/mol. The second-order valence-corrected chi connectivity index (χ2v) is 3.28. The molecule has 0 aliphatic rings. The lowest BCUT2D eigenvalue weighted by Gasteiger charge is -2.04. The van der Waals surface area contributed by atoms with E-state index >= 15 is 0 Å². The van der Waals surface area contributed by atoms with Crippen molar-refractivity contribution >= 4 is 23.0 Å². The average molecular weight is 225 g/mol. The zero-order chi connectivity index (χ0) is 11.3. The molecule has 1 aromatic rings. The molecule has 0 aliphatic carbocycles. The molecule has 0 aliphatic heterocycles. The molecule has 0 amide bonds. The van der Waals surface area contributed by atoms with Gasteiger partial charge in [0.25, 0.3) is 0 Å². The smallest absolute Gasteiger partial charge is 0.186 e. The minimum absolute atomic E-state index is 0.295. The highest BCUT2D eigenvalue weighted by Crippen LogP contribution is 2.06. The van der Waals surface area contributed by atoms with Crippen LogP contribution in [0.25, 0.3) is 0 Å². The van der Waals surface area contributed by atoms with Gasteiger partial charge in [-0.15, -0.1) is 0 Å². The molecule has 1 aromatic carbocycles. The third kappa shape index (κ3) is 3.28. The molecule has 0 unspecified atom stereocenters. The van der Waals surface area contributed by atoms with Gasteiger partial charge in [0.1, 0.15) is 5.82 Å². The third-order valence-corrected chi connectivity index (χ3v) is 2.11. The van der Waals surface area contributed by atoms with Crippen molar-refractivity contribution in [3.63, 3.8) is 0 Å². The molecule has 0 heterocycles. The Bertz CT molecular complexity index is 390. The van der Waals surface area contributed by atoms with E-state index < -0.39 is 0 Å². The van der Waals surface area contributed by atoms with Crippen LogP contribution in [0.15, 0.2) is 29.4 Å². The van der Waals surface area contributed by atoms with Gasteiger partial charge in [0.05, 0.1) is 5.71 Å². The normalized spacial score (nSPS) is 11.0. The Hall–Kier alpha value is -1.49. The van der Waals surface area contributed by atoms with E-state index in [2.05, 4.69) is 15.8 Å². The largest absolute Gasteiger partial charge is 0.364 e. The van der Waals surface area contributed by atoms with Crippen molar-refractivity contribution in [2.75, 3.05) is 7.05 Å². The van der Waals surface area contributed by atoms with Crippen molar-refractivity contribution in [3.8, 4) is 0 Å². The SMILES string of the molecule is CNC(=S)N/N=C(/C)c1ccccc1F. The number of nitrogens with zero attached hydrogens (tertiary/aromatic N) is 1. The first-order valence-electron chi connectivity index (χ1n) is 4.42. The molecular weight excluding hydrogens is 213 g/mol. The summed E-state index contributed by atoms with van der Waals surface area (Å²) < 4.78 is 13.3. The number of benzene rings is 1. The number of hydrogen-bond acceptors (Lipinski definition) is 2. The van der Waals surface area contributed by atoms with E-state index in [9.17, 15) is 4.39 Å². The van der Waals surface area contributed by atoms with Gasteiger partial charge < -0.3 is 5.32 Å². The molecule has 3 nitrogen and oxygen atoms in total. The van der Waals surface area contributed by atoms with Crippen LogP contribution < -0.4 is 10.7 Å². The van der Waals surface area contributed by atoms with Gasteiger partial charge in [-0.05, 0) is 25.2 Å². The fourth-order valence-corrected chi connectivity index (χ4v) is 1.05. The van der Waals surface area contributed by atoms with E-state index in [4.69, 9.17) is 12.2 Å². The van der Waals surface area contributed by atoms with Crippen molar-refractivity contribution in [2.45, 2.75) is 6.92 Å². The molecule has 0 aromatic heterocycles. The molecule has 0 fully saturated rings. The molecular formula is C10H12FN3S. The molecule has 0 spiro atoms. The number of nitrogens with one attached hydrogen (secondary N) is 2. The lowest BCUT2D eigenvalue weighted by atomic mass is 10.1. The zero-order valence-electron chi connectivity index (χ0n) is 8.54. The Morgan fingerprint density at radius 3 is 2.67 bits per heavy atom. The Morgan fingerprint density at radius 2 is 2.07 bits per heavy atom. The standard InChI is InChI=1S/C10H12FN3S/c1-7(13-14-10(15)12-2)8-5-3-4-6-9(8)11/h3-6H,1-2H3,(H2,12,14,15)/b13-7-. The maximum absolute atomic E-state index is 13.3. The highest BCUT2D eigenvalue weighted by Gasteiger charge is 2.03. The fourth-order valence-electron chi connectivity index (χ4n) is 1.01. The predicted octanol–water partition coefficient (Wildman–Crippen LogP) is 1.64. The molecule has 15 heavy (non-hydrogen) atoms. The molecule has 0 atom stereocenters. The van der Waals surface area contributed by atoms with E-state index in [1.54, 1.807) is 32.2 Å². The third-order valence-electron chi connectivity index (χ3n) is 1.82. The van der Waals surface area contributed by atoms with Crippen LogP contribution in [-0.2, 0) is 0 Å². The van der Waals surface area contributed by atoms with Crippen molar-refractivity contribution in [1.82, 2.24) is 10.7 Å². The lowest BCUT2D eigenvalue weighted by molar-refractivity contribution is 0.625. The fraction of sp³-hybridized carbons (Fsp3) is 0.200. The summed E-state index contributed by atoms with van der Waals surface area (Å²) in [5.74, 6) is -0.295. The quantitative estimate of drug-likeness (QED) is 0.456. The van der Waals surface area contributed by atoms with Gasteiger partial charge in [-0.1, -0.05) is 18.2 Å². The highest BCUT2D eigenvalue weighted by molar-refractivity contribution is 7.80. The van der Waals surface area contributed by atoms with Crippen LogP contribution in [0.3, 0.4) is 0 Å².